The van der Waals surface area contributed by atoms with Crippen molar-refractivity contribution >= 4 is 38.1 Å². The molecule has 6 heteroatoms. The minimum atomic E-state index is -3.34. The van der Waals surface area contributed by atoms with E-state index in [1.165, 1.54) is 10.6 Å². The first-order chi connectivity index (χ1) is 12.8. The summed E-state index contributed by atoms with van der Waals surface area (Å²) in [4.78, 5) is 12.8. The van der Waals surface area contributed by atoms with Crippen LogP contribution in [0.5, 0.6) is 0 Å². The molecule has 0 saturated carbocycles. The lowest BCUT2D eigenvalue weighted by Crippen LogP contribution is -2.34. The third kappa shape index (κ3) is 3.17. The smallest absolute Gasteiger partial charge is 0.255 e. The third-order valence-corrected chi connectivity index (χ3v) is 6.16. The number of hydrogen-bond acceptors (Lipinski definition) is 3. The number of carbonyl (C=O) groups excluding carboxylic acids is 1. The molecule has 1 amide bonds. The minimum absolute atomic E-state index is 0.147. The van der Waals surface area contributed by atoms with Crippen LogP contribution in [0.2, 0.25) is 0 Å². The fraction of sp³-hybridized carbons (Fsp3) is 0.190. The van der Waals surface area contributed by atoms with Gasteiger partial charge in [0.1, 0.15) is 0 Å². The number of rotatable bonds is 3. The summed E-state index contributed by atoms with van der Waals surface area (Å²) in [6.45, 7) is 1.87. The second-order valence-corrected chi connectivity index (χ2v) is 8.80. The molecule has 1 aliphatic heterocycles. The zero-order valence-electron chi connectivity index (χ0n) is 15.1. The highest BCUT2D eigenvalue weighted by Crippen LogP contribution is 2.35. The van der Waals surface area contributed by atoms with Crippen molar-refractivity contribution in [3.63, 3.8) is 0 Å². The normalized spacial score (nSPS) is 16.4. The van der Waals surface area contributed by atoms with E-state index in [0.717, 1.165) is 22.0 Å². The third-order valence-electron chi connectivity index (χ3n) is 4.89. The lowest BCUT2D eigenvalue weighted by atomic mass is 10.1. The summed E-state index contributed by atoms with van der Waals surface area (Å²) in [5, 5.41) is 5.01. The van der Waals surface area contributed by atoms with Crippen molar-refractivity contribution in [3.05, 3.63) is 71.8 Å². The predicted octanol–water partition coefficient (Wildman–Crippen LogP) is 3.80. The van der Waals surface area contributed by atoms with Crippen LogP contribution in [0.4, 0.5) is 11.4 Å². The maximum absolute atomic E-state index is 12.8. The van der Waals surface area contributed by atoms with Crippen LogP contribution in [0.25, 0.3) is 10.8 Å². The van der Waals surface area contributed by atoms with Gasteiger partial charge >= 0.3 is 0 Å². The highest BCUT2D eigenvalue weighted by Gasteiger charge is 2.32. The molecular weight excluding hydrogens is 360 g/mol. The molecule has 3 aromatic carbocycles. The Bertz CT molecular complexity index is 1150. The van der Waals surface area contributed by atoms with Gasteiger partial charge in [-0.2, -0.15) is 0 Å². The van der Waals surface area contributed by atoms with Crippen LogP contribution in [0, 0.1) is 0 Å². The van der Waals surface area contributed by atoms with Gasteiger partial charge in [-0.05, 0) is 48.6 Å². The van der Waals surface area contributed by atoms with E-state index in [1.54, 1.807) is 18.2 Å². The largest absolute Gasteiger partial charge is 0.321 e. The van der Waals surface area contributed by atoms with Crippen LogP contribution in [0.15, 0.2) is 60.7 Å². The van der Waals surface area contributed by atoms with Crippen molar-refractivity contribution in [3.8, 4) is 0 Å². The fourth-order valence-electron chi connectivity index (χ4n) is 3.78. The molecule has 5 nitrogen and oxygen atoms in total. The lowest BCUT2D eigenvalue weighted by molar-refractivity contribution is 0.102. The number of fused-ring (bicyclic) bond motifs is 2. The maximum atomic E-state index is 12.8. The standard InChI is InChI=1S/C21H20N2O3S/c1-14-12-17-13-16(10-11-20(17)23(14)27(2,25)26)21(24)22-19-9-5-7-15-6-3-4-8-18(15)19/h3-11,13-14H,12H2,1-2H3,(H,22,24)/t14-/m1/s1. The van der Waals surface area contributed by atoms with Gasteiger partial charge in [-0.1, -0.05) is 36.4 Å². The zero-order chi connectivity index (χ0) is 19.2. The highest BCUT2D eigenvalue weighted by molar-refractivity contribution is 7.92. The first-order valence-corrected chi connectivity index (χ1v) is 10.6. The molecular formula is C21H20N2O3S. The summed E-state index contributed by atoms with van der Waals surface area (Å²) in [6, 6.07) is 18.7. The SMILES string of the molecule is C[C@@H]1Cc2cc(C(=O)Nc3cccc4ccccc34)ccc2N1S(C)(=O)=O. The van der Waals surface area contributed by atoms with E-state index in [4.69, 9.17) is 0 Å². The molecule has 4 rings (SSSR count). The minimum Gasteiger partial charge on any atom is -0.321 e. The van der Waals surface area contributed by atoms with Gasteiger partial charge in [-0.3, -0.25) is 9.10 Å². The average Bonchev–Trinajstić information content (AvgIpc) is 2.97. The second-order valence-electron chi connectivity index (χ2n) is 6.94. The van der Waals surface area contributed by atoms with Crippen molar-refractivity contribution in [2.75, 3.05) is 15.9 Å². The molecule has 0 saturated heterocycles. The van der Waals surface area contributed by atoms with Gasteiger partial charge in [0.2, 0.25) is 10.0 Å². The van der Waals surface area contributed by atoms with Crippen molar-refractivity contribution in [1.82, 2.24) is 0 Å². The summed E-state index contributed by atoms with van der Waals surface area (Å²) in [7, 11) is -3.34. The molecule has 27 heavy (non-hydrogen) atoms. The lowest BCUT2D eigenvalue weighted by Gasteiger charge is -2.21. The molecule has 138 valence electrons. The van der Waals surface area contributed by atoms with Crippen LogP contribution in [0.3, 0.4) is 0 Å². The Morgan fingerprint density at radius 1 is 1.07 bits per heavy atom. The summed E-state index contributed by atoms with van der Waals surface area (Å²) >= 11 is 0. The van der Waals surface area contributed by atoms with Crippen LogP contribution < -0.4 is 9.62 Å². The van der Waals surface area contributed by atoms with Gasteiger partial charge in [-0.25, -0.2) is 8.42 Å². The van der Waals surface area contributed by atoms with Crippen molar-refractivity contribution in [1.29, 1.82) is 0 Å². The van der Waals surface area contributed by atoms with Crippen LogP contribution in [-0.2, 0) is 16.4 Å². The topological polar surface area (TPSA) is 66.5 Å². The van der Waals surface area contributed by atoms with E-state index in [-0.39, 0.29) is 11.9 Å². The van der Waals surface area contributed by atoms with Crippen molar-refractivity contribution < 1.29 is 13.2 Å². The van der Waals surface area contributed by atoms with Gasteiger partial charge in [0.05, 0.1) is 11.9 Å². The molecule has 0 aliphatic carbocycles. The quantitative estimate of drug-likeness (QED) is 0.751. The number of nitrogens with zero attached hydrogens (tertiary/aromatic N) is 1. The Kier molecular flexibility index (Phi) is 4.15. The average molecular weight is 380 g/mol. The molecule has 1 heterocycles. The highest BCUT2D eigenvalue weighted by atomic mass is 32.2. The van der Waals surface area contributed by atoms with Crippen molar-refractivity contribution in [2.45, 2.75) is 19.4 Å². The van der Waals surface area contributed by atoms with Crippen LogP contribution >= 0.6 is 0 Å². The first-order valence-electron chi connectivity index (χ1n) is 8.76. The fourth-order valence-corrected chi connectivity index (χ4v) is 5.04. The van der Waals surface area contributed by atoms with Gasteiger partial charge < -0.3 is 5.32 Å². The Labute approximate surface area is 158 Å². The van der Waals surface area contributed by atoms with Crippen LogP contribution in [0.1, 0.15) is 22.8 Å². The summed E-state index contributed by atoms with van der Waals surface area (Å²) in [6.07, 6.45) is 1.80. The van der Waals surface area contributed by atoms with E-state index in [2.05, 4.69) is 5.32 Å². The number of nitrogens with one attached hydrogen (secondary N) is 1. The molecule has 0 spiro atoms. The number of anilines is 2. The molecule has 3 aromatic rings. The molecule has 0 radical (unpaired) electrons. The van der Waals surface area contributed by atoms with E-state index >= 15 is 0 Å². The number of hydrogen-bond donors (Lipinski definition) is 1. The molecule has 1 atom stereocenters. The molecule has 0 aromatic heterocycles. The predicted molar refractivity (Wildman–Crippen MR) is 109 cm³/mol. The number of carbonyl (C=O) groups is 1. The van der Waals surface area contributed by atoms with E-state index < -0.39 is 10.0 Å². The van der Waals surface area contributed by atoms with Crippen LogP contribution in [-0.4, -0.2) is 26.6 Å². The number of sulfonamides is 1. The zero-order valence-corrected chi connectivity index (χ0v) is 16.0. The van der Waals surface area contributed by atoms with Crippen molar-refractivity contribution in [2.24, 2.45) is 0 Å². The Balaban J connectivity index is 1.65. The Morgan fingerprint density at radius 3 is 2.59 bits per heavy atom. The molecule has 0 fully saturated rings. The summed E-state index contributed by atoms with van der Waals surface area (Å²) in [5.74, 6) is -0.209. The Hall–Kier alpha value is -2.86. The first kappa shape index (κ1) is 17.5. The van der Waals surface area contributed by atoms with Gasteiger partial charge in [0.15, 0.2) is 0 Å². The van der Waals surface area contributed by atoms with E-state index in [1.807, 2.05) is 49.4 Å². The summed E-state index contributed by atoms with van der Waals surface area (Å²) < 4.78 is 25.5. The van der Waals surface area contributed by atoms with Gasteiger partial charge in [-0.15, -0.1) is 0 Å². The molecule has 0 bridgehead atoms. The Morgan fingerprint density at radius 2 is 1.81 bits per heavy atom. The monoisotopic (exact) mass is 380 g/mol. The molecule has 0 unspecified atom stereocenters. The number of amides is 1. The molecule has 1 aliphatic rings. The van der Waals surface area contributed by atoms with E-state index in [9.17, 15) is 13.2 Å². The molecule has 1 N–H and O–H groups in total. The number of benzene rings is 3. The van der Waals surface area contributed by atoms with Gasteiger partial charge in [0, 0.05) is 22.7 Å². The maximum Gasteiger partial charge on any atom is 0.255 e. The van der Waals surface area contributed by atoms with E-state index in [0.29, 0.717) is 17.7 Å². The van der Waals surface area contributed by atoms with Gasteiger partial charge in [0.25, 0.3) is 5.91 Å². The second kappa shape index (κ2) is 6.39. The summed E-state index contributed by atoms with van der Waals surface area (Å²) in [5.41, 5.74) is 2.80.